The number of unbranched alkanes of at least 4 members (excludes halogenated alkanes) is 32. The summed E-state index contributed by atoms with van der Waals surface area (Å²) in [7, 11) is 0. The van der Waals surface area contributed by atoms with Crippen molar-refractivity contribution >= 4 is 11.9 Å². The van der Waals surface area contributed by atoms with Crippen molar-refractivity contribution < 1.29 is 24.5 Å². The summed E-state index contributed by atoms with van der Waals surface area (Å²) >= 11 is 0. The molecule has 6 heteroatoms. The molecule has 0 heterocycles. The molecule has 0 spiro atoms. The molecule has 3 N–H and O–H groups in total. The first-order valence-electron chi connectivity index (χ1n) is 24.3. The highest BCUT2D eigenvalue weighted by atomic mass is 16.5. The van der Waals surface area contributed by atoms with E-state index >= 15 is 0 Å². The van der Waals surface area contributed by atoms with E-state index in [0.29, 0.717) is 19.3 Å². The zero-order valence-electron chi connectivity index (χ0n) is 36.6. The summed E-state index contributed by atoms with van der Waals surface area (Å²) in [6.45, 7) is 6.48. The standard InChI is InChI=1S/C48H95NO5/c1-4-7-10-13-16-19-21-23-25-27-29-32-35-38-41-48(53)54-44(39-36-33-30-18-15-12-9-6-3)42-47(52)49-45(43-50)46(51)40-37-34-31-28-26-24-22-20-17-14-11-8-5-2/h44-46,50-51H,4-43H2,1-3H3,(H,49,52). The smallest absolute Gasteiger partial charge is 0.306 e. The van der Waals surface area contributed by atoms with E-state index < -0.39 is 18.2 Å². The van der Waals surface area contributed by atoms with Gasteiger partial charge in [-0.2, -0.15) is 0 Å². The predicted octanol–water partition coefficient (Wildman–Crippen LogP) is 14.0. The number of ether oxygens (including phenoxy) is 1. The van der Waals surface area contributed by atoms with Crippen molar-refractivity contribution in [3.8, 4) is 0 Å². The molecular formula is C48H95NO5. The van der Waals surface area contributed by atoms with Gasteiger partial charge in [-0.3, -0.25) is 9.59 Å². The van der Waals surface area contributed by atoms with E-state index in [9.17, 15) is 19.8 Å². The SMILES string of the molecule is CCCCCCCCCCCCCCCCC(=O)OC(CCCCCCCCCC)CC(=O)NC(CO)C(O)CCCCCCCCCCCCCCC. The summed E-state index contributed by atoms with van der Waals surface area (Å²) in [5.74, 6) is -0.459. The molecule has 0 rings (SSSR count). The number of amides is 1. The third-order valence-corrected chi connectivity index (χ3v) is 11.4. The largest absolute Gasteiger partial charge is 0.462 e. The molecule has 0 aromatic carbocycles. The van der Waals surface area contributed by atoms with E-state index in [0.717, 1.165) is 38.5 Å². The van der Waals surface area contributed by atoms with E-state index in [4.69, 9.17) is 4.74 Å². The highest BCUT2D eigenvalue weighted by Gasteiger charge is 2.24. The molecular weight excluding hydrogens is 671 g/mol. The minimum absolute atomic E-state index is 0.0862. The summed E-state index contributed by atoms with van der Waals surface area (Å²) in [5, 5.41) is 23.7. The Morgan fingerprint density at radius 3 is 1.13 bits per heavy atom. The molecule has 0 fully saturated rings. The molecule has 0 aromatic heterocycles. The maximum Gasteiger partial charge on any atom is 0.306 e. The normalized spacial score (nSPS) is 13.2. The fraction of sp³-hybridized carbons (Fsp3) is 0.958. The van der Waals surface area contributed by atoms with Crippen molar-refractivity contribution in [1.82, 2.24) is 5.32 Å². The molecule has 6 nitrogen and oxygen atoms in total. The minimum atomic E-state index is -0.777. The first-order valence-corrected chi connectivity index (χ1v) is 24.3. The summed E-state index contributed by atoms with van der Waals surface area (Å²) in [6, 6.07) is -0.690. The van der Waals surface area contributed by atoms with E-state index in [1.54, 1.807) is 0 Å². The zero-order chi connectivity index (χ0) is 39.6. The number of carbonyl (C=O) groups excluding carboxylic acids is 2. The summed E-state index contributed by atoms with van der Waals surface area (Å²) in [4.78, 5) is 26.0. The molecule has 1 amide bonds. The fourth-order valence-corrected chi connectivity index (χ4v) is 7.73. The third-order valence-electron chi connectivity index (χ3n) is 11.4. The summed E-state index contributed by atoms with van der Waals surface area (Å²) in [6.07, 6.45) is 44.5. The van der Waals surface area contributed by atoms with Crippen LogP contribution in [-0.4, -0.2) is 46.9 Å². The summed E-state index contributed by atoms with van der Waals surface area (Å²) in [5.41, 5.74) is 0. The van der Waals surface area contributed by atoms with Crippen LogP contribution in [0.5, 0.6) is 0 Å². The van der Waals surface area contributed by atoms with Gasteiger partial charge in [0.25, 0.3) is 0 Å². The topological polar surface area (TPSA) is 95.9 Å². The molecule has 3 unspecified atom stereocenters. The molecule has 0 bridgehead atoms. The van der Waals surface area contributed by atoms with E-state index in [1.165, 1.54) is 186 Å². The van der Waals surface area contributed by atoms with Crippen molar-refractivity contribution in [2.75, 3.05) is 6.61 Å². The number of hydrogen-bond donors (Lipinski definition) is 3. The number of carbonyl (C=O) groups is 2. The number of aliphatic hydroxyl groups is 2. The van der Waals surface area contributed by atoms with Gasteiger partial charge in [0.1, 0.15) is 6.10 Å². The lowest BCUT2D eigenvalue weighted by Crippen LogP contribution is -2.46. The van der Waals surface area contributed by atoms with Crippen LogP contribution in [0, 0.1) is 0 Å². The van der Waals surface area contributed by atoms with Gasteiger partial charge in [0.2, 0.25) is 5.91 Å². The lowest BCUT2D eigenvalue weighted by Gasteiger charge is -2.24. The molecule has 322 valence electrons. The van der Waals surface area contributed by atoms with Crippen molar-refractivity contribution in [3.63, 3.8) is 0 Å². The number of aliphatic hydroxyl groups excluding tert-OH is 2. The van der Waals surface area contributed by atoms with Crippen LogP contribution in [0.2, 0.25) is 0 Å². The average Bonchev–Trinajstić information content (AvgIpc) is 3.16. The summed E-state index contributed by atoms with van der Waals surface area (Å²) < 4.78 is 5.90. The third kappa shape index (κ3) is 37.8. The molecule has 0 radical (unpaired) electrons. The van der Waals surface area contributed by atoms with E-state index in [1.807, 2.05) is 0 Å². The van der Waals surface area contributed by atoms with Crippen LogP contribution in [0.3, 0.4) is 0 Å². The first-order chi connectivity index (χ1) is 26.5. The van der Waals surface area contributed by atoms with Crippen LogP contribution in [0.1, 0.15) is 271 Å². The Hall–Kier alpha value is -1.14. The van der Waals surface area contributed by atoms with Crippen LogP contribution in [0.15, 0.2) is 0 Å². The van der Waals surface area contributed by atoms with Gasteiger partial charge in [0, 0.05) is 6.42 Å². The van der Waals surface area contributed by atoms with Crippen molar-refractivity contribution in [3.05, 3.63) is 0 Å². The van der Waals surface area contributed by atoms with Gasteiger partial charge in [-0.25, -0.2) is 0 Å². The Bertz CT molecular complexity index is 776. The Morgan fingerprint density at radius 2 is 0.778 bits per heavy atom. The quantitative estimate of drug-likeness (QED) is 0.0424. The number of hydrogen-bond acceptors (Lipinski definition) is 5. The number of esters is 1. The average molecular weight is 766 g/mol. The van der Waals surface area contributed by atoms with Gasteiger partial charge < -0.3 is 20.3 Å². The Morgan fingerprint density at radius 1 is 0.463 bits per heavy atom. The second-order valence-corrected chi connectivity index (χ2v) is 16.9. The second-order valence-electron chi connectivity index (χ2n) is 16.9. The van der Waals surface area contributed by atoms with Gasteiger partial charge in [0.15, 0.2) is 0 Å². The lowest BCUT2D eigenvalue weighted by atomic mass is 10.0. The predicted molar refractivity (Wildman–Crippen MR) is 232 cm³/mol. The molecule has 0 saturated carbocycles. The molecule has 54 heavy (non-hydrogen) atoms. The van der Waals surface area contributed by atoms with Crippen LogP contribution in [0.4, 0.5) is 0 Å². The minimum Gasteiger partial charge on any atom is -0.462 e. The monoisotopic (exact) mass is 766 g/mol. The van der Waals surface area contributed by atoms with Gasteiger partial charge in [-0.1, -0.05) is 233 Å². The Kier molecular flexibility index (Phi) is 42.1. The highest BCUT2D eigenvalue weighted by Crippen LogP contribution is 2.18. The van der Waals surface area contributed by atoms with Gasteiger partial charge >= 0.3 is 5.97 Å². The molecule has 0 aromatic rings. The van der Waals surface area contributed by atoms with Crippen LogP contribution >= 0.6 is 0 Å². The van der Waals surface area contributed by atoms with Crippen molar-refractivity contribution in [1.29, 1.82) is 0 Å². The van der Waals surface area contributed by atoms with Gasteiger partial charge in [-0.15, -0.1) is 0 Å². The van der Waals surface area contributed by atoms with E-state index in [-0.39, 0.29) is 24.9 Å². The molecule has 0 aliphatic heterocycles. The van der Waals surface area contributed by atoms with Crippen molar-refractivity contribution in [2.45, 2.75) is 289 Å². The van der Waals surface area contributed by atoms with Crippen LogP contribution in [-0.2, 0) is 14.3 Å². The number of nitrogens with one attached hydrogen (secondary N) is 1. The van der Waals surface area contributed by atoms with Crippen molar-refractivity contribution in [2.24, 2.45) is 0 Å². The van der Waals surface area contributed by atoms with Crippen LogP contribution in [0.25, 0.3) is 0 Å². The maximum atomic E-state index is 13.1. The molecule has 3 atom stereocenters. The zero-order valence-corrected chi connectivity index (χ0v) is 36.6. The Labute approximate surface area is 336 Å². The fourth-order valence-electron chi connectivity index (χ4n) is 7.73. The first kappa shape index (κ1) is 52.9. The van der Waals surface area contributed by atoms with E-state index in [2.05, 4.69) is 26.1 Å². The van der Waals surface area contributed by atoms with Gasteiger partial charge in [0.05, 0.1) is 25.2 Å². The molecule has 0 aliphatic rings. The second kappa shape index (κ2) is 43.0. The highest BCUT2D eigenvalue weighted by molar-refractivity contribution is 5.77. The Balaban J connectivity index is 4.41. The molecule has 0 aliphatic carbocycles. The van der Waals surface area contributed by atoms with Gasteiger partial charge in [-0.05, 0) is 25.7 Å². The van der Waals surface area contributed by atoms with Crippen LogP contribution < -0.4 is 5.32 Å². The molecule has 0 saturated heterocycles. The number of rotatable bonds is 44. The lowest BCUT2D eigenvalue weighted by molar-refractivity contribution is -0.151. The maximum absolute atomic E-state index is 13.1.